The quantitative estimate of drug-likeness (QED) is 0.746. The molecule has 1 saturated heterocycles. The van der Waals surface area contributed by atoms with Crippen molar-refractivity contribution in [2.24, 2.45) is 5.73 Å². The molecule has 1 heterocycles. The Morgan fingerprint density at radius 2 is 2.04 bits per heavy atom. The fourth-order valence-electron chi connectivity index (χ4n) is 3.04. The number of nitrogens with zero attached hydrogens (tertiary/aromatic N) is 1. The number of aryl methyl sites for hydroxylation is 1. The highest BCUT2D eigenvalue weighted by molar-refractivity contribution is 5.79. The van der Waals surface area contributed by atoms with Crippen LogP contribution in [0.15, 0.2) is 24.3 Å². The van der Waals surface area contributed by atoms with Crippen LogP contribution in [-0.4, -0.2) is 49.0 Å². The van der Waals surface area contributed by atoms with Crippen LogP contribution in [0.3, 0.4) is 0 Å². The number of nitrogens with two attached hydrogens (primary N) is 1. The van der Waals surface area contributed by atoms with Gasteiger partial charge in [0.2, 0.25) is 5.91 Å². The van der Waals surface area contributed by atoms with Crippen LogP contribution in [0.2, 0.25) is 0 Å². The minimum atomic E-state index is -0.0623. The molecule has 1 atom stereocenters. The number of likely N-dealkylation sites (tertiary alicyclic amines) is 1. The van der Waals surface area contributed by atoms with Crippen molar-refractivity contribution in [2.75, 3.05) is 26.2 Å². The number of piperidine rings is 1. The average molecular weight is 347 g/mol. The zero-order valence-electron chi connectivity index (χ0n) is 15.0. The van der Waals surface area contributed by atoms with Gasteiger partial charge in [-0.15, -0.1) is 0 Å². The molecule has 0 bridgehead atoms. The monoisotopic (exact) mass is 347 g/mol. The van der Waals surface area contributed by atoms with E-state index in [0.29, 0.717) is 31.8 Å². The summed E-state index contributed by atoms with van der Waals surface area (Å²) in [6.07, 6.45) is 4.26. The number of amides is 2. The van der Waals surface area contributed by atoms with Crippen molar-refractivity contribution in [3.63, 3.8) is 0 Å². The second-order valence-corrected chi connectivity index (χ2v) is 6.37. The van der Waals surface area contributed by atoms with Crippen molar-refractivity contribution < 1.29 is 14.3 Å². The van der Waals surface area contributed by atoms with Gasteiger partial charge >= 0.3 is 0 Å². The van der Waals surface area contributed by atoms with E-state index in [1.807, 2.05) is 29.2 Å². The number of nitrogens with one attached hydrogen (secondary N) is 1. The molecule has 1 aliphatic heterocycles. The van der Waals surface area contributed by atoms with Gasteiger partial charge in [-0.25, -0.2) is 0 Å². The fraction of sp³-hybridized carbons (Fsp3) is 0.579. The van der Waals surface area contributed by atoms with Gasteiger partial charge in [0.05, 0.1) is 0 Å². The summed E-state index contributed by atoms with van der Waals surface area (Å²) in [6.45, 7) is 3.66. The smallest absolute Gasteiger partial charge is 0.260 e. The lowest BCUT2D eigenvalue weighted by molar-refractivity contribution is -0.137. The van der Waals surface area contributed by atoms with Crippen molar-refractivity contribution in [3.8, 4) is 5.75 Å². The number of rotatable bonds is 8. The van der Waals surface area contributed by atoms with Gasteiger partial charge in [-0.2, -0.15) is 0 Å². The van der Waals surface area contributed by atoms with E-state index >= 15 is 0 Å². The van der Waals surface area contributed by atoms with Crippen molar-refractivity contribution in [2.45, 2.75) is 45.1 Å². The van der Waals surface area contributed by atoms with Gasteiger partial charge in [0.25, 0.3) is 5.91 Å². The van der Waals surface area contributed by atoms with E-state index < -0.39 is 0 Å². The molecule has 1 fully saturated rings. The van der Waals surface area contributed by atoms with Crippen molar-refractivity contribution >= 4 is 11.8 Å². The maximum Gasteiger partial charge on any atom is 0.260 e. The summed E-state index contributed by atoms with van der Waals surface area (Å²) in [7, 11) is 0. The molecule has 1 aromatic rings. The fourth-order valence-corrected chi connectivity index (χ4v) is 3.04. The Balaban J connectivity index is 1.85. The molecule has 0 spiro atoms. The number of carbonyl (C=O) groups is 2. The predicted molar refractivity (Wildman–Crippen MR) is 97.3 cm³/mol. The minimum Gasteiger partial charge on any atom is -0.484 e. The highest BCUT2D eigenvalue weighted by Crippen LogP contribution is 2.18. The molecule has 2 amide bonds. The lowest BCUT2D eigenvalue weighted by Crippen LogP contribution is -2.50. The molecule has 25 heavy (non-hydrogen) atoms. The molecular formula is C19H29N3O3. The SMILES string of the molecule is CCc1ccc(OCC(=O)N2CCCCC2CNC(=O)CCN)cc1. The van der Waals surface area contributed by atoms with E-state index in [1.54, 1.807) is 0 Å². The van der Waals surface area contributed by atoms with E-state index in [9.17, 15) is 9.59 Å². The summed E-state index contributed by atoms with van der Waals surface area (Å²) in [4.78, 5) is 26.0. The summed E-state index contributed by atoms with van der Waals surface area (Å²) in [5.41, 5.74) is 6.62. The molecule has 6 nitrogen and oxygen atoms in total. The largest absolute Gasteiger partial charge is 0.484 e. The molecule has 0 saturated carbocycles. The summed E-state index contributed by atoms with van der Waals surface area (Å²) in [5, 5.41) is 2.87. The molecule has 138 valence electrons. The Bertz CT molecular complexity index is 560. The van der Waals surface area contributed by atoms with Gasteiger partial charge in [0, 0.05) is 32.1 Å². The third-order valence-electron chi connectivity index (χ3n) is 4.55. The molecule has 0 aliphatic carbocycles. The number of hydrogen-bond donors (Lipinski definition) is 2. The van der Waals surface area contributed by atoms with Crippen LogP contribution >= 0.6 is 0 Å². The first-order valence-corrected chi connectivity index (χ1v) is 9.12. The topological polar surface area (TPSA) is 84.7 Å². The third kappa shape index (κ3) is 6.05. The first-order chi connectivity index (χ1) is 12.1. The molecule has 1 aromatic carbocycles. The molecule has 0 radical (unpaired) electrons. The summed E-state index contributed by atoms with van der Waals surface area (Å²) in [6, 6.07) is 7.85. The maximum atomic E-state index is 12.5. The molecule has 1 aliphatic rings. The van der Waals surface area contributed by atoms with E-state index in [0.717, 1.165) is 25.7 Å². The third-order valence-corrected chi connectivity index (χ3v) is 4.55. The van der Waals surface area contributed by atoms with Crippen LogP contribution in [0, 0.1) is 0 Å². The molecule has 3 N–H and O–H groups in total. The molecule has 2 rings (SSSR count). The standard InChI is InChI=1S/C19H29N3O3/c1-2-15-6-8-17(9-7-15)25-14-19(24)22-12-4-3-5-16(22)13-21-18(23)10-11-20/h6-9,16H,2-5,10-14,20H2,1H3,(H,21,23). The van der Waals surface area contributed by atoms with Crippen molar-refractivity contribution in [3.05, 3.63) is 29.8 Å². The van der Waals surface area contributed by atoms with Crippen LogP contribution in [0.25, 0.3) is 0 Å². The summed E-state index contributed by atoms with van der Waals surface area (Å²) in [5.74, 6) is 0.612. The normalized spacial score (nSPS) is 17.2. The van der Waals surface area contributed by atoms with Gasteiger partial charge in [-0.05, 0) is 43.4 Å². The average Bonchev–Trinajstić information content (AvgIpc) is 2.65. The van der Waals surface area contributed by atoms with E-state index in [1.165, 1.54) is 5.56 Å². The van der Waals surface area contributed by atoms with Crippen LogP contribution < -0.4 is 15.8 Å². The van der Waals surface area contributed by atoms with Gasteiger partial charge < -0.3 is 20.7 Å². The Hall–Kier alpha value is -2.08. The Morgan fingerprint density at radius 3 is 2.72 bits per heavy atom. The van der Waals surface area contributed by atoms with Gasteiger partial charge in [0.1, 0.15) is 5.75 Å². The van der Waals surface area contributed by atoms with Crippen LogP contribution in [-0.2, 0) is 16.0 Å². The second kappa shape index (κ2) is 10.0. The zero-order valence-corrected chi connectivity index (χ0v) is 15.0. The van der Waals surface area contributed by atoms with Gasteiger partial charge in [-0.1, -0.05) is 19.1 Å². The molecule has 1 unspecified atom stereocenters. The molecule has 0 aromatic heterocycles. The van der Waals surface area contributed by atoms with Gasteiger partial charge in [-0.3, -0.25) is 9.59 Å². The number of hydrogen-bond acceptors (Lipinski definition) is 4. The van der Waals surface area contributed by atoms with Gasteiger partial charge in [0.15, 0.2) is 6.61 Å². The van der Waals surface area contributed by atoms with Crippen LogP contribution in [0.1, 0.15) is 38.2 Å². The number of carbonyl (C=O) groups excluding carboxylic acids is 2. The molecular weight excluding hydrogens is 318 g/mol. The van der Waals surface area contributed by atoms with E-state index in [4.69, 9.17) is 10.5 Å². The Kier molecular flexibility index (Phi) is 7.73. The van der Waals surface area contributed by atoms with Crippen LogP contribution in [0.5, 0.6) is 5.75 Å². The molecule has 6 heteroatoms. The first-order valence-electron chi connectivity index (χ1n) is 9.12. The zero-order chi connectivity index (χ0) is 18.1. The van der Waals surface area contributed by atoms with Crippen LogP contribution in [0.4, 0.5) is 0 Å². The predicted octanol–water partition coefficient (Wildman–Crippen LogP) is 1.47. The maximum absolute atomic E-state index is 12.5. The lowest BCUT2D eigenvalue weighted by atomic mass is 10.0. The Labute approximate surface area is 149 Å². The number of ether oxygens (including phenoxy) is 1. The highest BCUT2D eigenvalue weighted by atomic mass is 16.5. The Morgan fingerprint density at radius 1 is 1.28 bits per heavy atom. The number of benzene rings is 1. The summed E-state index contributed by atoms with van der Waals surface area (Å²) < 4.78 is 5.64. The highest BCUT2D eigenvalue weighted by Gasteiger charge is 2.27. The second-order valence-electron chi connectivity index (χ2n) is 6.37. The van der Waals surface area contributed by atoms with E-state index in [2.05, 4.69) is 12.2 Å². The minimum absolute atomic E-state index is 0.0265. The van der Waals surface area contributed by atoms with E-state index in [-0.39, 0.29) is 24.5 Å². The summed E-state index contributed by atoms with van der Waals surface area (Å²) >= 11 is 0. The van der Waals surface area contributed by atoms with Crippen molar-refractivity contribution in [1.82, 2.24) is 10.2 Å². The first kappa shape index (κ1) is 19.2. The van der Waals surface area contributed by atoms with Crippen molar-refractivity contribution in [1.29, 1.82) is 0 Å². The lowest BCUT2D eigenvalue weighted by Gasteiger charge is -2.35.